The summed E-state index contributed by atoms with van der Waals surface area (Å²) >= 11 is 5.98. The van der Waals surface area contributed by atoms with Gasteiger partial charge in [-0.2, -0.15) is 0 Å². The van der Waals surface area contributed by atoms with Crippen molar-refractivity contribution in [1.82, 2.24) is 4.57 Å². The Morgan fingerprint density at radius 2 is 1.97 bits per heavy atom. The Morgan fingerprint density at radius 3 is 2.71 bits per heavy atom. The molecule has 0 atom stereocenters. The van der Waals surface area contributed by atoms with E-state index >= 15 is 0 Å². The van der Waals surface area contributed by atoms with Crippen LogP contribution in [-0.4, -0.2) is 23.4 Å². The van der Waals surface area contributed by atoms with Crippen LogP contribution in [0.4, 0.5) is 0 Å². The second-order valence-electron chi connectivity index (χ2n) is 8.16. The summed E-state index contributed by atoms with van der Waals surface area (Å²) in [6.07, 6.45) is 3.73. The number of benzene rings is 3. The van der Waals surface area contributed by atoms with Crippen molar-refractivity contribution < 1.29 is 23.8 Å². The number of Topliss-reactive ketones (excluding diaryl/α,β-unsaturated/α-hetero) is 1. The highest BCUT2D eigenvalue weighted by molar-refractivity contribution is 6.30. The van der Waals surface area contributed by atoms with Gasteiger partial charge in [-0.15, -0.1) is 0 Å². The van der Waals surface area contributed by atoms with Gasteiger partial charge < -0.3 is 18.8 Å². The molecule has 0 N–H and O–H groups in total. The van der Waals surface area contributed by atoms with E-state index in [4.69, 9.17) is 25.8 Å². The Kier molecular flexibility index (Phi) is 5.83. The molecule has 2 heterocycles. The SMILES string of the molecule is CCn1cc(/C=C2\Oc3c(ccc(OC(=O)c4cccc(Cl)c4)c3C)C2=O)c2cc(OC)ccc21. The average Bonchev–Trinajstić information content (AvgIpc) is 3.38. The van der Waals surface area contributed by atoms with Crippen molar-refractivity contribution in [3.05, 3.63) is 93.8 Å². The topological polar surface area (TPSA) is 66.8 Å². The summed E-state index contributed by atoms with van der Waals surface area (Å²) in [5, 5.41) is 1.40. The minimum atomic E-state index is -0.544. The second-order valence-corrected chi connectivity index (χ2v) is 8.59. The smallest absolute Gasteiger partial charge is 0.343 e. The van der Waals surface area contributed by atoms with Crippen LogP contribution in [0.3, 0.4) is 0 Å². The van der Waals surface area contributed by atoms with Crippen molar-refractivity contribution in [3.63, 3.8) is 0 Å². The average molecular weight is 488 g/mol. The first-order chi connectivity index (χ1) is 16.9. The number of ether oxygens (including phenoxy) is 3. The van der Waals surface area contributed by atoms with Crippen LogP contribution in [0.25, 0.3) is 17.0 Å². The fourth-order valence-electron chi connectivity index (χ4n) is 4.20. The van der Waals surface area contributed by atoms with E-state index in [1.807, 2.05) is 24.4 Å². The number of aromatic nitrogens is 1. The number of ketones is 1. The number of hydrogen-bond donors (Lipinski definition) is 0. The summed E-state index contributed by atoms with van der Waals surface area (Å²) in [5.74, 6) is 0.868. The number of carbonyl (C=O) groups is 2. The monoisotopic (exact) mass is 487 g/mol. The molecule has 176 valence electrons. The van der Waals surface area contributed by atoms with Gasteiger partial charge in [0.1, 0.15) is 17.2 Å². The van der Waals surface area contributed by atoms with E-state index in [2.05, 4.69) is 11.5 Å². The van der Waals surface area contributed by atoms with Gasteiger partial charge in [0.25, 0.3) is 0 Å². The van der Waals surface area contributed by atoms with Crippen LogP contribution in [-0.2, 0) is 6.54 Å². The van der Waals surface area contributed by atoms with Crippen LogP contribution in [0.5, 0.6) is 17.2 Å². The number of esters is 1. The molecule has 0 saturated heterocycles. The molecule has 0 bridgehead atoms. The van der Waals surface area contributed by atoms with E-state index in [0.717, 1.165) is 28.8 Å². The molecular weight excluding hydrogens is 466 g/mol. The molecule has 7 heteroatoms. The number of hydrogen-bond acceptors (Lipinski definition) is 5. The first kappa shape index (κ1) is 22.7. The summed E-state index contributed by atoms with van der Waals surface area (Å²) in [6.45, 7) is 4.59. The lowest BCUT2D eigenvalue weighted by molar-refractivity contribution is 0.0733. The third kappa shape index (κ3) is 4.06. The lowest BCUT2D eigenvalue weighted by Gasteiger charge is -2.10. The Hall–Kier alpha value is -4.03. The van der Waals surface area contributed by atoms with Gasteiger partial charge in [-0.1, -0.05) is 17.7 Å². The zero-order valence-corrected chi connectivity index (χ0v) is 20.2. The van der Waals surface area contributed by atoms with Crippen molar-refractivity contribution in [1.29, 1.82) is 0 Å². The standard InChI is InChI=1S/C28H22ClNO5/c1-4-30-15-18(22-14-20(33-3)8-10-23(22)30)13-25-26(31)21-9-11-24(16(2)27(21)34-25)35-28(32)17-6-5-7-19(29)12-17/h5-15H,4H2,1-3H3/b25-13-. The van der Waals surface area contributed by atoms with E-state index in [-0.39, 0.29) is 11.5 Å². The molecule has 1 aromatic heterocycles. The molecule has 0 unspecified atom stereocenters. The van der Waals surface area contributed by atoms with Gasteiger partial charge >= 0.3 is 5.97 Å². The molecule has 5 rings (SSSR count). The lowest BCUT2D eigenvalue weighted by atomic mass is 10.1. The van der Waals surface area contributed by atoms with Gasteiger partial charge in [0, 0.05) is 39.8 Å². The Bertz CT molecular complexity index is 1530. The van der Waals surface area contributed by atoms with Gasteiger partial charge in [-0.05, 0) is 68.5 Å². The summed E-state index contributed by atoms with van der Waals surface area (Å²) in [6, 6.07) is 15.6. The number of fused-ring (bicyclic) bond motifs is 2. The second kappa shape index (κ2) is 8.96. The summed E-state index contributed by atoms with van der Waals surface area (Å²) in [5.41, 5.74) is 3.20. The van der Waals surface area contributed by atoms with Crippen LogP contribution < -0.4 is 14.2 Å². The molecule has 0 radical (unpaired) electrons. The Labute approximate surface area is 207 Å². The highest BCUT2D eigenvalue weighted by atomic mass is 35.5. The molecule has 0 amide bonds. The zero-order chi connectivity index (χ0) is 24.7. The molecule has 1 aliphatic heterocycles. The van der Waals surface area contributed by atoms with Crippen LogP contribution in [0, 0.1) is 6.92 Å². The molecular formula is C28H22ClNO5. The quantitative estimate of drug-likeness (QED) is 0.183. The number of methoxy groups -OCH3 is 1. The van der Waals surface area contributed by atoms with Crippen LogP contribution >= 0.6 is 11.6 Å². The maximum absolute atomic E-state index is 13.1. The number of carbonyl (C=O) groups excluding carboxylic acids is 2. The number of aryl methyl sites for hydroxylation is 1. The fraction of sp³-hybridized carbons (Fsp3) is 0.143. The molecule has 0 aliphatic carbocycles. The fourth-order valence-corrected chi connectivity index (χ4v) is 4.39. The highest BCUT2D eigenvalue weighted by Gasteiger charge is 2.31. The van der Waals surface area contributed by atoms with Crippen molar-refractivity contribution >= 4 is 40.3 Å². The van der Waals surface area contributed by atoms with E-state index in [1.54, 1.807) is 50.4 Å². The van der Waals surface area contributed by atoms with E-state index in [9.17, 15) is 9.59 Å². The predicted molar refractivity (Wildman–Crippen MR) is 135 cm³/mol. The number of halogens is 1. The minimum absolute atomic E-state index is 0.208. The summed E-state index contributed by atoms with van der Waals surface area (Å²) in [4.78, 5) is 25.7. The maximum atomic E-state index is 13.1. The molecule has 0 spiro atoms. The Balaban J connectivity index is 1.48. The van der Waals surface area contributed by atoms with Gasteiger partial charge in [0.05, 0.1) is 18.2 Å². The van der Waals surface area contributed by atoms with Gasteiger partial charge in [-0.25, -0.2) is 4.79 Å². The van der Waals surface area contributed by atoms with Crippen molar-refractivity contribution in [2.24, 2.45) is 0 Å². The van der Waals surface area contributed by atoms with Crippen molar-refractivity contribution in [2.75, 3.05) is 7.11 Å². The molecule has 3 aromatic carbocycles. The first-order valence-electron chi connectivity index (χ1n) is 11.1. The number of nitrogens with zero attached hydrogens (tertiary/aromatic N) is 1. The van der Waals surface area contributed by atoms with Crippen LogP contribution in [0.1, 0.15) is 38.8 Å². The van der Waals surface area contributed by atoms with E-state index in [1.165, 1.54) is 6.07 Å². The zero-order valence-electron chi connectivity index (χ0n) is 19.4. The number of allylic oxidation sites excluding steroid dienone is 1. The Morgan fingerprint density at radius 1 is 1.14 bits per heavy atom. The largest absolute Gasteiger partial charge is 0.497 e. The predicted octanol–water partition coefficient (Wildman–Crippen LogP) is 6.47. The molecule has 4 aromatic rings. The minimum Gasteiger partial charge on any atom is -0.497 e. The molecule has 0 fully saturated rings. The summed E-state index contributed by atoms with van der Waals surface area (Å²) < 4.78 is 19.1. The van der Waals surface area contributed by atoms with E-state index in [0.29, 0.717) is 33.2 Å². The van der Waals surface area contributed by atoms with Crippen LogP contribution in [0.15, 0.2) is 66.6 Å². The highest BCUT2D eigenvalue weighted by Crippen LogP contribution is 2.40. The van der Waals surface area contributed by atoms with Gasteiger partial charge in [0.2, 0.25) is 5.78 Å². The third-order valence-electron chi connectivity index (χ3n) is 6.05. The van der Waals surface area contributed by atoms with Gasteiger partial charge in [0.15, 0.2) is 5.76 Å². The summed E-state index contributed by atoms with van der Waals surface area (Å²) in [7, 11) is 1.62. The van der Waals surface area contributed by atoms with Gasteiger partial charge in [-0.3, -0.25) is 4.79 Å². The molecule has 35 heavy (non-hydrogen) atoms. The van der Waals surface area contributed by atoms with Crippen molar-refractivity contribution in [2.45, 2.75) is 20.4 Å². The normalized spacial score (nSPS) is 13.7. The van der Waals surface area contributed by atoms with E-state index < -0.39 is 5.97 Å². The maximum Gasteiger partial charge on any atom is 0.343 e. The lowest BCUT2D eigenvalue weighted by Crippen LogP contribution is -2.09. The molecule has 6 nitrogen and oxygen atoms in total. The van der Waals surface area contributed by atoms with Crippen molar-refractivity contribution in [3.8, 4) is 17.2 Å². The van der Waals surface area contributed by atoms with Crippen LogP contribution in [0.2, 0.25) is 5.02 Å². The molecule has 0 saturated carbocycles. The molecule has 1 aliphatic rings. The first-order valence-corrected chi connectivity index (χ1v) is 11.5. The number of rotatable bonds is 5. The third-order valence-corrected chi connectivity index (χ3v) is 6.28.